The maximum atomic E-state index is 11.3. The Balaban J connectivity index is 2.37. The molecule has 1 aromatic rings. The molecule has 0 bridgehead atoms. The first-order chi connectivity index (χ1) is 6.52. The zero-order chi connectivity index (χ0) is 10.3. The van der Waals surface area contributed by atoms with E-state index in [1.807, 2.05) is 26.0 Å². The molecule has 0 aliphatic carbocycles. The van der Waals surface area contributed by atoms with Crippen LogP contribution in [0.3, 0.4) is 0 Å². The van der Waals surface area contributed by atoms with Crippen LogP contribution in [0.2, 0.25) is 0 Å². The molecule has 76 valence electrons. The zero-order valence-electron chi connectivity index (χ0n) is 8.76. The van der Waals surface area contributed by atoms with Crippen LogP contribution in [-0.4, -0.2) is 11.9 Å². The Hall–Kier alpha value is -1.25. The number of aryl methyl sites for hydroxylation is 1. The number of carbonyl (C=O) groups excluding carboxylic acids is 1. The van der Waals surface area contributed by atoms with Crippen molar-refractivity contribution >= 4 is 5.91 Å². The average molecular weight is 193 g/mol. The summed E-state index contributed by atoms with van der Waals surface area (Å²) in [5.74, 6) is 1.91. The molecule has 1 aliphatic heterocycles. The van der Waals surface area contributed by atoms with Crippen molar-refractivity contribution in [2.24, 2.45) is 0 Å². The first-order valence-corrected chi connectivity index (χ1v) is 4.88. The summed E-state index contributed by atoms with van der Waals surface area (Å²) in [6, 6.07) is 4.04. The molecule has 0 saturated carbocycles. The molecule has 2 rings (SSSR count). The molecule has 1 fully saturated rings. The lowest BCUT2D eigenvalue weighted by atomic mass is 9.81. The predicted molar refractivity (Wildman–Crippen MR) is 53.0 cm³/mol. The smallest absolute Gasteiger partial charge is 0.221 e. The van der Waals surface area contributed by atoms with Gasteiger partial charge in [-0.25, -0.2) is 0 Å². The fourth-order valence-electron chi connectivity index (χ4n) is 1.98. The maximum absolute atomic E-state index is 11.3. The molecule has 1 saturated heterocycles. The van der Waals surface area contributed by atoms with E-state index in [-0.39, 0.29) is 17.4 Å². The van der Waals surface area contributed by atoms with Gasteiger partial charge in [0.1, 0.15) is 11.5 Å². The van der Waals surface area contributed by atoms with Crippen molar-refractivity contribution in [3.8, 4) is 0 Å². The van der Waals surface area contributed by atoms with Crippen molar-refractivity contribution < 1.29 is 9.21 Å². The molecule has 3 nitrogen and oxygen atoms in total. The van der Waals surface area contributed by atoms with Gasteiger partial charge in [-0.1, -0.05) is 0 Å². The number of amides is 1. The molecule has 3 heteroatoms. The van der Waals surface area contributed by atoms with E-state index in [0.29, 0.717) is 6.42 Å². The van der Waals surface area contributed by atoms with Crippen LogP contribution in [0, 0.1) is 6.92 Å². The second-order valence-electron chi connectivity index (χ2n) is 4.29. The van der Waals surface area contributed by atoms with E-state index in [1.165, 1.54) is 0 Å². The molecule has 1 aliphatic rings. The Morgan fingerprint density at radius 3 is 2.71 bits per heavy atom. The largest absolute Gasteiger partial charge is 0.466 e. The molecular weight excluding hydrogens is 178 g/mol. The topological polar surface area (TPSA) is 42.2 Å². The van der Waals surface area contributed by atoms with Crippen LogP contribution in [-0.2, 0) is 10.2 Å². The number of nitrogens with one attached hydrogen (secondary N) is 1. The minimum Gasteiger partial charge on any atom is -0.466 e. The van der Waals surface area contributed by atoms with Gasteiger partial charge in [0.15, 0.2) is 0 Å². The van der Waals surface area contributed by atoms with E-state index in [0.717, 1.165) is 11.5 Å². The summed E-state index contributed by atoms with van der Waals surface area (Å²) in [5, 5.41) is 2.92. The SMILES string of the molecule is Cc1ccc(C2(C)CC(=O)NC2C)o1. The number of hydrogen-bond donors (Lipinski definition) is 1. The fraction of sp³-hybridized carbons (Fsp3) is 0.545. The van der Waals surface area contributed by atoms with E-state index in [9.17, 15) is 4.79 Å². The molecule has 14 heavy (non-hydrogen) atoms. The molecule has 1 amide bonds. The van der Waals surface area contributed by atoms with Crippen molar-refractivity contribution in [2.45, 2.75) is 38.6 Å². The maximum Gasteiger partial charge on any atom is 0.221 e. The lowest BCUT2D eigenvalue weighted by Crippen LogP contribution is -2.35. The van der Waals surface area contributed by atoms with Crippen molar-refractivity contribution in [1.82, 2.24) is 5.32 Å². The van der Waals surface area contributed by atoms with Crippen LogP contribution in [0.1, 0.15) is 31.8 Å². The monoisotopic (exact) mass is 193 g/mol. The van der Waals surface area contributed by atoms with Crippen LogP contribution in [0.5, 0.6) is 0 Å². The summed E-state index contributed by atoms with van der Waals surface area (Å²) in [6.07, 6.45) is 0.515. The van der Waals surface area contributed by atoms with Crippen LogP contribution < -0.4 is 5.32 Å². The summed E-state index contributed by atoms with van der Waals surface area (Å²) in [7, 11) is 0. The minimum atomic E-state index is -0.189. The van der Waals surface area contributed by atoms with Gasteiger partial charge < -0.3 is 9.73 Å². The first-order valence-electron chi connectivity index (χ1n) is 4.88. The van der Waals surface area contributed by atoms with Crippen LogP contribution in [0.4, 0.5) is 0 Å². The molecule has 0 aromatic carbocycles. The van der Waals surface area contributed by atoms with Gasteiger partial charge in [0.05, 0.1) is 5.41 Å². The summed E-state index contributed by atoms with van der Waals surface area (Å²) in [5.41, 5.74) is -0.189. The van der Waals surface area contributed by atoms with Crippen LogP contribution in [0.15, 0.2) is 16.5 Å². The highest BCUT2D eigenvalue weighted by atomic mass is 16.3. The molecular formula is C11H15NO2. The third kappa shape index (κ3) is 1.24. The van der Waals surface area contributed by atoms with Crippen LogP contribution >= 0.6 is 0 Å². The Kier molecular flexibility index (Phi) is 1.91. The lowest BCUT2D eigenvalue weighted by molar-refractivity contribution is -0.119. The highest BCUT2D eigenvalue weighted by molar-refractivity contribution is 5.81. The highest BCUT2D eigenvalue weighted by Gasteiger charge is 2.44. The van der Waals surface area contributed by atoms with Gasteiger partial charge >= 0.3 is 0 Å². The average Bonchev–Trinajstić information content (AvgIpc) is 2.59. The van der Waals surface area contributed by atoms with E-state index >= 15 is 0 Å². The molecule has 2 atom stereocenters. The standard InChI is InChI=1S/C11H15NO2/c1-7-4-5-9(14-7)11(3)6-10(13)12-8(11)2/h4-5,8H,6H2,1-3H3,(H,12,13). The number of hydrogen-bond acceptors (Lipinski definition) is 2. The van der Waals surface area contributed by atoms with E-state index in [2.05, 4.69) is 12.2 Å². The van der Waals surface area contributed by atoms with Gasteiger partial charge in [-0.05, 0) is 32.9 Å². The van der Waals surface area contributed by atoms with Crippen molar-refractivity contribution in [3.05, 3.63) is 23.7 Å². The van der Waals surface area contributed by atoms with Crippen LogP contribution in [0.25, 0.3) is 0 Å². The number of carbonyl (C=O) groups is 1. The van der Waals surface area contributed by atoms with E-state index < -0.39 is 0 Å². The Morgan fingerprint density at radius 2 is 2.29 bits per heavy atom. The highest BCUT2D eigenvalue weighted by Crippen LogP contribution is 2.36. The second kappa shape index (κ2) is 2.87. The lowest BCUT2D eigenvalue weighted by Gasteiger charge is -2.24. The molecule has 1 N–H and O–H groups in total. The quantitative estimate of drug-likeness (QED) is 0.738. The normalized spacial score (nSPS) is 31.9. The molecule has 1 aromatic heterocycles. The third-order valence-corrected chi connectivity index (χ3v) is 3.16. The van der Waals surface area contributed by atoms with Crippen molar-refractivity contribution in [3.63, 3.8) is 0 Å². The zero-order valence-corrected chi connectivity index (χ0v) is 8.76. The summed E-state index contributed by atoms with van der Waals surface area (Å²) < 4.78 is 5.60. The predicted octanol–water partition coefficient (Wildman–Crippen LogP) is 1.75. The van der Waals surface area contributed by atoms with E-state index in [1.54, 1.807) is 0 Å². The summed E-state index contributed by atoms with van der Waals surface area (Å²) >= 11 is 0. The molecule has 2 heterocycles. The molecule has 2 unspecified atom stereocenters. The van der Waals surface area contributed by atoms with Crippen molar-refractivity contribution in [1.29, 1.82) is 0 Å². The second-order valence-corrected chi connectivity index (χ2v) is 4.29. The van der Waals surface area contributed by atoms with Gasteiger partial charge in [0.25, 0.3) is 0 Å². The van der Waals surface area contributed by atoms with E-state index in [4.69, 9.17) is 4.42 Å². The summed E-state index contributed by atoms with van der Waals surface area (Å²) in [4.78, 5) is 11.3. The number of furan rings is 1. The summed E-state index contributed by atoms with van der Waals surface area (Å²) in [6.45, 7) is 6.00. The molecule has 0 radical (unpaired) electrons. The van der Waals surface area contributed by atoms with Gasteiger partial charge in [-0.15, -0.1) is 0 Å². The Labute approximate surface area is 83.5 Å². The van der Waals surface area contributed by atoms with Gasteiger partial charge in [0, 0.05) is 12.5 Å². The first kappa shape index (κ1) is 9.31. The van der Waals surface area contributed by atoms with Gasteiger partial charge in [-0.3, -0.25) is 4.79 Å². The molecule has 0 spiro atoms. The fourth-order valence-corrected chi connectivity index (χ4v) is 1.98. The Morgan fingerprint density at radius 1 is 1.57 bits per heavy atom. The number of rotatable bonds is 1. The van der Waals surface area contributed by atoms with Crippen molar-refractivity contribution in [2.75, 3.05) is 0 Å². The third-order valence-electron chi connectivity index (χ3n) is 3.16. The minimum absolute atomic E-state index is 0.106. The Bertz CT molecular complexity index is 369. The van der Waals surface area contributed by atoms with Gasteiger partial charge in [0.2, 0.25) is 5.91 Å². The van der Waals surface area contributed by atoms with Gasteiger partial charge in [-0.2, -0.15) is 0 Å².